The van der Waals surface area contributed by atoms with Gasteiger partial charge in [0.15, 0.2) is 0 Å². The van der Waals surface area contributed by atoms with Crippen LogP contribution >= 0.6 is 11.3 Å². The lowest BCUT2D eigenvalue weighted by molar-refractivity contribution is 0.250. The van der Waals surface area contributed by atoms with Crippen LogP contribution in [0.1, 0.15) is 29.0 Å². The molecule has 1 unspecified atom stereocenters. The number of amides is 2. The number of anilines is 1. The summed E-state index contributed by atoms with van der Waals surface area (Å²) in [7, 11) is 0. The van der Waals surface area contributed by atoms with E-state index in [9.17, 15) is 4.79 Å². The van der Waals surface area contributed by atoms with Crippen molar-refractivity contribution in [3.05, 3.63) is 88.1 Å². The van der Waals surface area contributed by atoms with Crippen LogP contribution in [-0.4, -0.2) is 6.03 Å². The van der Waals surface area contributed by atoms with Gasteiger partial charge < -0.3 is 10.6 Å². The van der Waals surface area contributed by atoms with Gasteiger partial charge in [0, 0.05) is 10.6 Å². The molecule has 1 atom stereocenters. The molecule has 0 bridgehead atoms. The molecule has 2 amide bonds. The second-order valence-corrected chi connectivity index (χ2v) is 6.49. The lowest BCUT2D eigenvalue weighted by atomic mass is 10.0. The van der Waals surface area contributed by atoms with E-state index in [2.05, 4.69) is 41.8 Å². The van der Waals surface area contributed by atoms with E-state index in [4.69, 9.17) is 0 Å². The van der Waals surface area contributed by atoms with Crippen LogP contribution in [0.15, 0.2) is 72.1 Å². The summed E-state index contributed by atoms with van der Waals surface area (Å²) in [4.78, 5) is 13.5. The van der Waals surface area contributed by atoms with Crippen LogP contribution in [0.25, 0.3) is 0 Å². The molecule has 0 aliphatic carbocycles. The second-order valence-electron chi connectivity index (χ2n) is 5.51. The molecule has 24 heavy (non-hydrogen) atoms. The van der Waals surface area contributed by atoms with E-state index in [0.29, 0.717) is 0 Å². The van der Waals surface area contributed by atoms with Crippen molar-refractivity contribution in [1.29, 1.82) is 0 Å². The predicted molar refractivity (Wildman–Crippen MR) is 101 cm³/mol. The first-order chi connectivity index (χ1) is 11.8. The van der Waals surface area contributed by atoms with Crippen molar-refractivity contribution >= 4 is 23.1 Å². The summed E-state index contributed by atoms with van der Waals surface area (Å²) in [6, 6.07) is 21.6. The van der Waals surface area contributed by atoms with Gasteiger partial charge in [-0.1, -0.05) is 55.5 Å². The van der Waals surface area contributed by atoms with Crippen LogP contribution in [0.3, 0.4) is 0 Å². The first kappa shape index (κ1) is 16.3. The fourth-order valence-corrected chi connectivity index (χ4v) is 3.34. The number of urea groups is 1. The summed E-state index contributed by atoms with van der Waals surface area (Å²) in [6.07, 6.45) is 1.01. The van der Waals surface area contributed by atoms with E-state index in [1.54, 1.807) is 11.3 Å². The summed E-state index contributed by atoms with van der Waals surface area (Å²) in [5.74, 6) is 0. The molecule has 122 valence electrons. The van der Waals surface area contributed by atoms with E-state index in [-0.39, 0.29) is 12.1 Å². The van der Waals surface area contributed by atoms with Crippen molar-refractivity contribution in [2.24, 2.45) is 0 Å². The van der Waals surface area contributed by atoms with Gasteiger partial charge >= 0.3 is 6.03 Å². The van der Waals surface area contributed by atoms with Crippen LogP contribution in [0.4, 0.5) is 10.5 Å². The highest BCUT2D eigenvalue weighted by Crippen LogP contribution is 2.26. The summed E-state index contributed by atoms with van der Waals surface area (Å²) in [5, 5.41) is 7.99. The van der Waals surface area contributed by atoms with Crippen LogP contribution < -0.4 is 10.6 Å². The molecule has 1 heterocycles. The van der Waals surface area contributed by atoms with E-state index in [0.717, 1.165) is 22.5 Å². The number of hydrogen-bond donors (Lipinski definition) is 2. The van der Waals surface area contributed by atoms with Gasteiger partial charge in [0.25, 0.3) is 0 Å². The molecule has 0 aliphatic heterocycles. The fourth-order valence-electron chi connectivity index (χ4n) is 2.54. The Labute approximate surface area is 146 Å². The Balaban J connectivity index is 1.79. The molecule has 0 aliphatic rings. The van der Waals surface area contributed by atoms with Crippen molar-refractivity contribution in [2.75, 3.05) is 5.32 Å². The smallest absolute Gasteiger partial charge is 0.320 e. The molecule has 0 spiro atoms. The maximum absolute atomic E-state index is 12.4. The second kappa shape index (κ2) is 7.79. The molecule has 0 saturated carbocycles. The van der Waals surface area contributed by atoms with Gasteiger partial charge in [-0.3, -0.25) is 0 Å². The van der Waals surface area contributed by atoms with Crippen LogP contribution in [0, 0.1) is 0 Å². The minimum atomic E-state index is -0.209. The number of benzene rings is 2. The highest BCUT2D eigenvalue weighted by Gasteiger charge is 2.17. The number of nitrogens with one attached hydrogen (secondary N) is 2. The van der Waals surface area contributed by atoms with Crippen molar-refractivity contribution in [2.45, 2.75) is 19.4 Å². The van der Waals surface area contributed by atoms with Crippen LogP contribution in [0.5, 0.6) is 0 Å². The Morgan fingerprint density at radius 3 is 2.38 bits per heavy atom. The van der Waals surface area contributed by atoms with Gasteiger partial charge in [0.2, 0.25) is 0 Å². The van der Waals surface area contributed by atoms with E-state index in [1.807, 2.05) is 47.8 Å². The Morgan fingerprint density at radius 1 is 1.00 bits per heavy atom. The standard InChI is InChI=1S/C20H20N2OS/c1-2-15-10-12-16(13-11-15)19(18-9-6-14-24-18)22-20(23)21-17-7-4-3-5-8-17/h3-14,19H,2H2,1H3,(H2,21,22,23). The minimum Gasteiger partial charge on any atom is -0.326 e. The molecule has 1 aromatic heterocycles. The Bertz CT molecular complexity index is 767. The number of hydrogen-bond acceptors (Lipinski definition) is 2. The van der Waals surface area contributed by atoms with E-state index in [1.165, 1.54) is 5.56 Å². The summed E-state index contributed by atoms with van der Waals surface area (Å²) in [5.41, 5.74) is 3.15. The molecule has 2 aromatic carbocycles. The summed E-state index contributed by atoms with van der Waals surface area (Å²) in [6.45, 7) is 2.14. The Morgan fingerprint density at radius 2 is 1.75 bits per heavy atom. The third-order valence-electron chi connectivity index (χ3n) is 3.86. The molecular weight excluding hydrogens is 316 g/mol. The number of carbonyl (C=O) groups is 1. The van der Waals surface area contributed by atoms with Crippen molar-refractivity contribution < 1.29 is 4.79 Å². The molecule has 3 aromatic rings. The van der Waals surface area contributed by atoms with Crippen LogP contribution in [0.2, 0.25) is 0 Å². The molecule has 0 fully saturated rings. The third-order valence-corrected chi connectivity index (χ3v) is 4.79. The Hall–Kier alpha value is -2.59. The normalized spacial score (nSPS) is 11.7. The van der Waals surface area contributed by atoms with Gasteiger partial charge in [0.05, 0.1) is 6.04 Å². The summed E-state index contributed by atoms with van der Waals surface area (Å²) >= 11 is 1.64. The average molecular weight is 336 g/mol. The molecule has 3 nitrogen and oxygen atoms in total. The molecule has 2 N–H and O–H groups in total. The minimum absolute atomic E-state index is 0.153. The maximum atomic E-state index is 12.4. The molecule has 3 rings (SSSR count). The van der Waals surface area contributed by atoms with Gasteiger partial charge in [-0.25, -0.2) is 4.79 Å². The largest absolute Gasteiger partial charge is 0.326 e. The Kier molecular flexibility index (Phi) is 5.29. The number of aryl methyl sites for hydroxylation is 1. The number of para-hydroxylation sites is 1. The van der Waals surface area contributed by atoms with Gasteiger partial charge in [-0.15, -0.1) is 11.3 Å². The first-order valence-corrected chi connectivity index (χ1v) is 8.89. The zero-order valence-electron chi connectivity index (χ0n) is 13.5. The quantitative estimate of drug-likeness (QED) is 0.659. The first-order valence-electron chi connectivity index (χ1n) is 8.01. The van der Waals surface area contributed by atoms with Crippen LogP contribution in [-0.2, 0) is 6.42 Å². The molecule has 0 radical (unpaired) electrons. The highest BCUT2D eigenvalue weighted by atomic mass is 32.1. The maximum Gasteiger partial charge on any atom is 0.320 e. The van der Waals surface area contributed by atoms with E-state index < -0.39 is 0 Å². The zero-order valence-corrected chi connectivity index (χ0v) is 14.3. The zero-order chi connectivity index (χ0) is 16.8. The highest BCUT2D eigenvalue weighted by molar-refractivity contribution is 7.10. The lowest BCUT2D eigenvalue weighted by Crippen LogP contribution is -2.32. The van der Waals surface area contributed by atoms with Crippen molar-refractivity contribution in [3.8, 4) is 0 Å². The topological polar surface area (TPSA) is 41.1 Å². The van der Waals surface area contributed by atoms with E-state index >= 15 is 0 Å². The SMILES string of the molecule is CCc1ccc(C(NC(=O)Nc2ccccc2)c2cccs2)cc1. The average Bonchev–Trinajstić information content (AvgIpc) is 3.15. The lowest BCUT2D eigenvalue weighted by Gasteiger charge is -2.19. The number of thiophene rings is 1. The summed E-state index contributed by atoms with van der Waals surface area (Å²) < 4.78 is 0. The monoisotopic (exact) mass is 336 g/mol. The molecular formula is C20H20N2OS. The fraction of sp³-hybridized carbons (Fsp3) is 0.150. The predicted octanol–water partition coefficient (Wildman–Crippen LogP) is 5.22. The van der Waals surface area contributed by atoms with Gasteiger partial charge in [-0.05, 0) is 41.1 Å². The molecule has 0 saturated heterocycles. The third kappa shape index (κ3) is 4.03. The van der Waals surface area contributed by atoms with Gasteiger partial charge in [0.1, 0.15) is 0 Å². The van der Waals surface area contributed by atoms with Crippen molar-refractivity contribution in [1.82, 2.24) is 5.32 Å². The van der Waals surface area contributed by atoms with Gasteiger partial charge in [-0.2, -0.15) is 0 Å². The number of carbonyl (C=O) groups excluding carboxylic acids is 1. The van der Waals surface area contributed by atoms with Crippen molar-refractivity contribution in [3.63, 3.8) is 0 Å². The number of rotatable bonds is 5. The molecule has 4 heteroatoms.